The van der Waals surface area contributed by atoms with Crippen LogP contribution in [0.25, 0.3) is 0 Å². The van der Waals surface area contributed by atoms with E-state index in [-0.39, 0.29) is 24.2 Å². The van der Waals surface area contributed by atoms with Crippen LogP contribution in [0.2, 0.25) is 0 Å². The van der Waals surface area contributed by atoms with Gasteiger partial charge in [-0.15, -0.1) is 11.3 Å². The van der Waals surface area contributed by atoms with Crippen LogP contribution in [0, 0.1) is 5.92 Å². The summed E-state index contributed by atoms with van der Waals surface area (Å²) >= 11 is 1.70. The first kappa shape index (κ1) is 13.1. The highest BCUT2D eigenvalue weighted by molar-refractivity contribution is 7.10. The Balaban J connectivity index is 1.89. The van der Waals surface area contributed by atoms with Gasteiger partial charge in [-0.2, -0.15) is 0 Å². The lowest BCUT2D eigenvalue weighted by atomic mass is 10.0. The molecule has 0 aliphatic carbocycles. The van der Waals surface area contributed by atoms with Crippen LogP contribution in [-0.2, 0) is 9.53 Å². The molecule has 2 aliphatic rings. The maximum atomic E-state index is 12.7. The summed E-state index contributed by atoms with van der Waals surface area (Å²) in [7, 11) is 0. The van der Waals surface area contributed by atoms with Crippen molar-refractivity contribution in [1.82, 2.24) is 10.2 Å². The lowest BCUT2D eigenvalue weighted by Gasteiger charge is -2.28. The van der Waals surface area contributed by atoms with Gasteiger partial charge >= 0.3 is 0 Å². The maximum absolute atomic E-state index is 12.7. The number of rotatable bonds is 3. The van der Waals surface area contributed by atoms with Crippen LogP contribution in [0.15, 0.2) is 17.5 Å². The van der Waals surface area contributed by atoms with Crippen LogP contribution in [-0.4, -0.2) is 36.1 Å². The standard InChI is InChI=1S/C14H20N2O2S/c1-9(2)12-14(17)16(10-5-6-18-8-10)13(15-12)11-4-3-7-19-11/h3-4,7,9-10,12-13,15H,5-6,8H2,1-2H3. The fourth-order valence-electron chi connectivity index (χ4n) is 2.89. The molecule has 0 radical (unpaired) electrons. The third kappa shape index (κ3) is 2.30. The van der Waals surface area contributed by atoms with Crippen LogP contribution < -0.4 is 5.32 Å². The third-order valence-electron chi connectivity index (χ3n) is 3.91. The zero-order valence-corrected chi connectivity index (χ0v) is 12.2. The van der Waals surface area contributed by atoms with Crippen molar-refractivity contribution >= 4 is 17.2 Å². The molecule has 2 fully saturated rings. The molecule has 19 heavy (non-hydrogen) atoms. The summed E-state index contributed by atoms with van der Waals surface area (Å²) in [5.41, 5.74) is 0. The normalized spacial score (nSPS) is 31.6. The Bertz CT molecular complexity index is 440. The number of nitrogens with zero attached hydrogens (tertiary/aromatic N) is 1. The van der Waals surface area contributed by atoms with Crippen LogP contribution in [0.4, 0.5) is 0 Å². The van der Waals surface area contributed by atoms with E-state index in [4.69, 9.17) is 4.74 Å². The Hall–Kier alpha value is -0.910. The van der Waals surface area contributed by atoms with Gasteiger partial charge < -0.3 is 9.64 Å². The molecule has 1 aromatic rings. The summed E-state index contributed by atoms with van der Waals surface area (Å²) in [4.78, 5) is 15.9. The molecule has 4 nitrogen and oxygen atoms in total. The summed E-state index contributed by atoms with van der Waals surface area (Å²) in [5, 5.41) is 5.56. The molecule has 1 N–H and O–H groups in total. The second kappa shape index (κ2) is 5.23. The molecule has 104 valence electrons. The molecule has 1 amide bonds. The average Bonchev–Trinajstić information content (AvgIpc) is 3.07. The molecule has 0 bridgehead atoms. The molecule has 0 aromatic carbocycles. The average molecular weight is 280 g/mol. The van der Waals surface area contributed by atoms with E-state index < -0.39 is 0 Å². The fraction of sp³-hybridized carbons (Fsp3) is 0.643. The van der Waals surface area contributed by atoms with E-state index in [1.165, 1.54) is 4.88 Å². The summed E-state index contributed by atoms with van der Waals surface area (Å²) in [6.45, 7) is 5.61. The quantitative estimate of drug-likeness (QED) is 0.920. The summed E-state index contributed by atoms with van der Waals surface area (Å²) in [6.07, 6.45) is 0.965. The molecule has 1 aromatic heterocycles. The largest absolute Gasteiger partial charge is 0.379 e. The summed E-state index contributed by atoms with van der Waals surface area (Å²) in [5.74, 6) is 0.534. The lowest BCUT2D eigenvalue weighted by Crippen LogP contribution is -2.41. The Morgan fingerprint density at radius 1 is 1.53 bits per heavy atom. The van der Waals surface area contributed by atoms with Gasteiger partial charge in [-0.05, 0) is 23.8 Å². The van der Waals surface area contributed by atoms with Gasteiger partial charge in [-0.1, -0.05) is 19.9 Å². The second-order valence-corrected chi connectivity index (χ2v) is 6.55. The van der Waals surface area contributed by atoms with Gasteiger partial charge in [0.1, 0.15) is 6.17 Å². The van der Waals surface area contributed by atoms with Gasteiger partial charge in [-0.3, -0.25) is 10.1 Å². The first-order chi connectivity index (χ1) is 9.18. The van der Waals surface area contributed by atoms with E-state index in [1.807, 2.05) is 11.0 Å². The first-order valence-corrected chi connectivity index (χ1v) is 7.76. The summed E-state index contributed by atoms with van der Waals surface area (Å²) < 4.78 is 5.46. The van der Waals surface area contributed by atoms with Gasteiger partial charge in [0.05, 0.1) is 18.7 Å². The molecule has 3 atom stereocenters. The number of hydrogen-bond donors (Lipinski definition) is 1. The highest BCUT2D eigenvalue weighted by Gasteiger charge is 2.45. The van der Waals surface area contributed by atoms with E-state index in [9.17, 15) is 4.79 Å². The maximum Gasteiger partial charge on any atom is 0.241 e. The number of ether oxygens (including phenoxy) is 1. The molecule has 3 rings (SSSR count). The van der Waals surface area contributed by atoms with Crippen molar-refractivity contribution in [3.63, 3.8) is 0 Å². The van der Waals surface area contributed by atoms with Crippen LogP contribution in [0.1, 0.15) is 31.3 Å². The van der Waals surface area contributed by atoms with Crippen molar-refractivity contribution in [3.05, 3.63) is 22.4 Å². The minimum Gasteiger partial charge on any atom is -0.379 e. The molecular formula is C14H20N2O2S. The van der Waals surface area contributed by atoms with E-state index in [1.54, 1.807) is 11.3 Å². The Kier molecular flexibility index (Phi) is 3.60. The predicted octanol–water partition coefficient (Wildman–Crippen LogP) is 1.99. The van der Waals surface area contributed by atoms with Gasteiger partial charge in [0.2, 0.25) is 5.91 Å². The summed E-state index contributed by atoms with van der Waals surface area (Å²) in [6, 6.07) is 4.28. The zero-order chi connectivity index (χ0) is 13.4. The van der Waals surface area contributed by atoms with E-state index in [2.05, 4.69) is 30.6 Å². The number of carbonyl (C=O) groups is 1. The van der Waals surface area contributed by atoms with E-state index >= 15 is 0 Å². The second-order valence-electron chi connectivity index (χ2n) is 5.57. The van der Waals surface area contributed by atoms with Crippen molar-refractivity contribution in [2.24, 2.45) is 5.92 Å². The first-order valence-electron chi connectivity index (χ1n) is 6.88. The van der Waals surface area contributed by atoms with Gasteiger partial charge in [0.25, 0.3) is 0 Å². The van der Waals surface area contributed by atoms with Gasteiger partial charge in [-0.25, -0.2) is 0 Å². The number of thiophene rings is 1. The number of hydrogen-bond acceptors (Lipinski definition) is 4. The smallest absolute Gasteiger partial charge is 0.241 e. The Morgan fingerprint density at radius 3 is 2.95 bits per heavy atom. The van der Waals surface area contributed by atoms with Crippen molar-refractivity contribution < 1.29 is 9.53 Å². The van der Waals surface area contributed by atoms with Gasteiger partial charge in [0, 0.05) is 11.5 Å². The van der Waals surface area contributed by atoms with E-state index in [0.29, 0.717) is 12.5 Å². The van der Waals surface area contributed by atoms with Crippen molar-refractivity contribution in [1.29, 1.82) is 0 Å². The molecule has 5 heteroatoms. The van der Waals surface area contributed by atoms with E-state index in [0.717, 1.165) is 13.0 Å². The molecule has 3 unspecified atom stereocenters. The minimum atomic E-state index is -0.0762. The number of amides is 1. The molecular weight excluding hydrogens is 260 g/mol. The van der Waals surface area contributed by atoms with Crippen molar-refractivity contribution in [3.8, 4) is 0 Å². The zero-order valence-electron chi connectivity index (χ0n) is 11.3. The highest BCUT2D eigenvalue weighted by Crippen LogP contribution is 2.34. The molecule has 2 aliphatic heterocycles. The SMILES string of the molecule is CC(C)C1NC(c2cccs2)N(C2CCOC2)C1=O. The van der Waals surface area contributed by atoms with Gasteiger partial charge in [0.15, 0.2) is 0 Å². The molecule has 2 saturated heterocycles. The highest BCUT2D eigenvalue weighted by atomic mass is 32.1. The predicted molar refractivity (Wildman–Crippen MR) is 74.9 cm³/mol. The Morgan fingerprint density at radius 2 is 2.37 bits per heavy atom. The van der Waals surface area contributed by atoms with Crippen molar-refractivity contribution in [2.45, 2.75) is 38.5 Å². The lowest BCUT2D eigenvalue weighted by molar-refractivity contribution is -0.133. The molecule has 3 heterocycles. The minimum absolute atomic E-state index is 0.0200. The fourth-order valence-corrected chi connectivity index (χ4v) is 3.67. The van der Waals surface area contributed by atoms with Crippen LogP contribution >= 0.6 is 11.3 Å². The third-order valence-corrected chi connectivity index (χ3v) is 4.84. The number of carbonyl (C=O) groups excluding carboxylic acids is 1. The molecule has 0 spiro atoms. The monoisotopic (exact) mass is 280 g/mol. The van der Waals surface area contributed by atoms with Crippen LogP contribution in [0.5, 0.6) is 0 Å². The molecule has 0 saturated carbocycles. The Labute approximate surface area is 117 Å². The van der Waals surface area contributed by atoms with Crippen LogP contribution in [0.3, 0.4) is 0 Å². The number of nitrogens with one attached hydrogen (secondary N) is 1. The van der Waals surface area contributed by atoms with Crippen molar-refractivity contribution in [2.75, 3.05) is 13.2 Å². The topological polar surface area (TPSA) is 41.6 Å².